The van der Waals surface area contributed by atoms with Gasteiger partial charge >= 0.3 is 0 Å². The summed E-state index contributed by atoms with van der Waals surface area (Å²) in [5.74, 6) is 0.209. The van der Waals surface area contributed by atoms with Crippen molar-refractivity contribution in [3.63, 3.8) is 0 Å². The molecule has 2 nitrogen and oxygen atoms in total. The minimum Gasteiger partial charge on any atom is -0.241 e. The molecule has 0 radical (unpaired) electrons. The lowest BCUT2D eigenvalue weighted by atomic mass is 10.1. The van der Waals surface area contributed by atoms with Crippen LogP contribution in [0.4, 0.5) is 0 Å². The quantitative estimate of drug-likeness (QED) is 0.831. The molecule has 86 valence electrons. The molecule has 17 heavy (non-hydrogen) atoms. The highest BCUT2D eigenvalue weighted by Crippen LogP contribution is 2.28. The maximum atomic E-state index is 8.67. The molecule has 1 heterocycles. The molecule has 4 heteroatoms. The molecule has 0 bridgehead atoms. The molecule has 0 spiro atoms. The van der Waals surface area contributed by atoms with Gasteiger partial charge in [-0.25, -0.2) is 4.98 Å². The second kappa shape index (κ2) is 5.44. The third kappa shape index (κ3) is 2.93. The van der Waals surface area contributed by atoms with Crippen molar-refractivity contribution in [2.45, 2.75) is 19.3 Å². The molecule has 0 amide bonds. The zero-order valence-electron chi connectivity index (χ0n) is 9.35. The van der Waals surface area contributed by atoms with Gasteiger partial charge in [-0.3, -0.25) is 0 Å². The first-order valence-electron chi connectivity index (χ1n) is 5.29. The first kappa shape index (κ1) is 12.3. The molecule has 0 saturated carbocycles. The zero-order valence-corrected chi connectivity index (χ0v) is 11.8. The molecule has 1 atom stereocenters. The van der Waals surface area contributed by atoms with Crippen molar-refractivity contribution < 1.29 is 0 Å². The summed E-state index contributed by atoms with van der Waals surface area (Å²) in [6, 6.07) is 10.3. The number of rotatable bonds is 3. The van der Waals surface area contributed by atoms with Gasteiger partial charge in [0.1, 0.15) is 5.01 Å². The molecule has 0 saturated heterocycles. The number of aromatic nitrogens is 1. The Hall–Kier alpha value is -1.18. The Kier molecular flexibility index (Phi) is 3.93. The summed E-state index contributed by atoms with van der Waals surface area (Å²) in [6.45, 7) is 2.03. The van der Waals surface area contributed by atoms with Crippen LogP contribution >= 0.6 is 27.3 Å². The van der Waals surface area contributed by atoms with E-state index in [1.165, 1.54) is 0 Å². The summed E-state index contributed by atoms with van der Waals surface area (Å²) >= 11 is 5.04. The van der Waals surface area contributed by atoms with Gasteiger partial charge in [-0.15, -0.1) is 11.3 Å². The molecule has 0 N–H and O–H groups in total. The molecule has 0 aliphatic carbocycles. The van der Waals surface area contributed by atoms with E-state index in [4.69, 9.17) is 5.26 Å². The standard InChI is InChI=1S/C13H11BrN2S/c1-9(6-7-15)12-8-17-13(16-12)10-2-4-11(14)5-3-10/h2-5,8-9H,6H2,1H3. The molecule has 2 rings (SSSR count). The van der Waals surface area contributed by atoms with Crippen LogP contribution in [0.1, 0.15) is 25.0 Å². The number of thiazole rings is 1. The predicted octanol–water partition coefficient (Wildman–Crippen LogP) is 4.59. The van der Waals surface area contributed by atoms with Crippen LogP contribution in [-0.2, 0) is 0 Å². The second-order valence-electron chi connectivity index (χ2n) is 3.85. The van der Waals surface area contributed by atoms with Crippen LogP contribution in [-0.4, -0.2) is 4.98 Å². The van der Waals surface area contributed by atoms with Crippen LogP contribution in [0.3, 0.4) is 0 Å². The number of halogens is 1. The zero-order chi connectivity index (χ0) is 12.3. The largest absolute Gasteiger partial charge is 0.241 e. The van der Waals surface area contributed by atoms with E-state index in [-0.39, 0.29) is 5.92 Å². The van der Waals surface area contributed by atoms with Gasteiger partial charge in [0.2, 0.25) is 0 Å². The summed E-state index contributed by atoms with van der Waals surface area (Å²) in [7, 11) is 0. The maximum Gasteiger partial charge on any atom is 0.123 e. The molecule has 0 fully saturated rings. The number of hydrogen-bond donors (Lipinski definition) is 0. The summed E-state index contributed by atoms with van der Waals surface area (Å²) < 4.78 is 1.07. The normalized spacial score (nSPS) is 12.1. The molecule has 2 aromatic rings. The van der Waals surface area contributed by atoms with E-state index in [0.717, 1.165) is 20.7 Å². The van der Waals surface area contributed by atoms with Gasteiger partial charge in [0, 0.05) is 27.8 Å². The summed E-state index contributed by atoms with van der Waals surface area (Å²) in [5.41, 5.74) is 2.13. The maximum absolute atomic E-state index is 8.67. The monoisotopic (exact) mass is 306 g/mol. The number of hydrogen-bond acceptors (Lipinski definition) is 3. The topological polar surface area (TPSA) is 36.7 Å². The lowest BCUT2D eigenvalue weighted by molar-refractivity contribution is 0.765. The van der Waals surface area contributed by atoms with Crippen LogP contribution in [0.15, 0.2) is 34.1 Å². The van der Waals surface area contributed by atoms with Crippen molar-refractivity contribution in [2.75, 3.05) is 0 Å². The van der Waals surface area contributed by atoms with Crippen LogP contribution < -0.4 is 0 Å². The van der Waals surface area contributed by atoms with Gasteiger partial charge in [0.15, 0.2) is 0 Å². The highest BCUT2D eigenvalue weighted by atomic mass is 79.9. The molecule has 0 aliphatic rings. The lowest BCUT2D eigenvalue weighted by Crippen LogP contribution is -1.91. The molecular weight excluding hydrogens is 296 g/mol. The van der Waals surface area contributed by atoms with Crippen molar-refractivity contribution in [1.29, 1.82) is 5.26 Å². The first-order chi connectivity index (χ1) is 8.20. The van der Waals surface area contributed by atoms with Gasteiger partial charge < -0.3 is 0 Å². The number of benzene rings is 1. The second-order valence-corrected chi connectivity index (χ2v) is 5.62. The summed E-state index contributed by atoms with van der Waals surface area (Å²) in [4.78, 5) is 4.58. The average molecular weight is 307 g/mol. The van der Waals surface area contributed by atoms with Gasteiger partial charge in [-0.2, -0.15) is 5.26 Å². The minimum atomic E-state index is 0.209. The fourth-order valence-electron chi connectivity index (χ4n) is 1.48. The third-order valence-corrected chi connectivity index (χ3v) is 3.95. The van der Waals surface area contributed by atoms with E-state index in [1.807, 2.05) is 36.6 Å². The van der Waals surface area contributed by atoms with Gasteiger partial charge in [0.25, 0.3) is 0 Å². The van der Waals surface area contributed by atoms with E-state index >= 15 is 0 Å². The Balaban J connectivity index is 2.24. The average Bonchev–Trinajstić information content (AvgIpc) is 2.80. The van der Waals surface area contributed by atoms with Crippen molar-refractivity contribution in [2.24, 2.45) is 0 Å². The molecule has 1 aromatic carbocycles. The van der Waals surface area contributed by atoms with E-state index < -0.39 is 0 Å². The Morgan fingerprint density at radius 2 is 2.12 bits per heavy atom. The van der Waals surface area contributed by atoms with Gasteiger partial charge in [-0.05, 0) is 12.1 Å². The first-order valence-corrected chi connectivity index (χ1v) is 6.96. The smallest absolute Gasteiger partial charge is 0.123 e. The Morgan fingerprint density at radius 1 is 1.41 bits per heavy atom. The third-order valence-electron chi connectivity index (χ3n) is 2.52. The predicted molar refractivity (Wildman–Crippen MR) is 73.9 cm³/mol. The number of nitriles is 1. The van der Waals surface area contributed by atoms with Gasteiger partial charge in [0.05, 0.1) is 11.8 Å². The van der Waals surface area contributed by atoms with Crippen molar-refractivity contribution in [3.8, 4) is 16.6 Å². The Bertz CT molecular complexity index is 539. The fourth-order valence-corrected chi connectivity index (χ4v) is 2.69. The van der Waals surface area contributed by atoms with Crippen LogP contribution in [0.5, 0.6) is 0 Å². The van der Waals surface area contributed by atoms with E-state index in [2.05, 4.69) is 27.0 Å². The fraction of sp³-hybridized carbons (Fsp3) is 0.231. The minimum absolute atomic E-state index is 0.209. The molecular formula is C13H11BrN2S. The van der Waals surface area contributed by atoms with Crippen LogP contribution in [0, 0.1) is 11.3 Å². The summed E-state index contributed by atoms with van der Waals surface area (Å²) in [5, 5.41) is 11.7. The molecule has 0 aliphatic heterocycles. The van der Waals surface area contributed by atoms with E-state index in [1.54, 1.807) is 11.3 Å². The van der Waals surface area contributed by atoms with E-state index in [0.29, 0.717) is 6.42 Å². The highest BCUT2D eigenvalue weighted by Gasteiger charge is 2.10. The molecule has 1 aromatic heterocycles. The van der Waals surface area contributed by atoms with Crippen molar-refractivity contribution >= 4 is 27.3 Å². The van der Waals surface area contributed by atoms with Crippen molar-refractivity contribution in [1.82, 2.24) is 4.98 Å². The van der Waals surface area contributed by atoms with Crippen molar-refractivity contribution in [3.05, 3.63) is 39.8 Å². The lowest BCUT2D eigenvalue weighted by Gasteiger charge is -2.01. The summed E-state index contributed by atoms with van der Waals surface area (Å²) in [6.07, 6.45) is 0.517. The molecule has 1 unspecified atom stereocenters. The van der Waals surface area contributed by atoms with Crippen LogP contribution in [0.25, 0.3) is 10.6 Å². The van der Waals surface area contributed by atoms with Crippen LogP contribution in [0.2, 0.25) is 0 Å². The number of nitrogens with zero attached hydrogens (tertiary/aromatic N) is 2. The van der Waals surface area contributed by atoms with Gasteiger partial charge in [-0.1, -0.05) is 35.0 Å². The SMILES string of the molecule is CC(CC#N)c1csc(-c2ccc(Br)cc2)n1. The van der Waals surface area contributed by atoms with E-state index in [9.17, 15) is 0 Å². The Morgan fingerprint density at radius 3 is 2.76 bits per heavy atom. The highest BCUT2D eigenvalue weighted by molar-refractivity contribution is 9.10. The Labute approximate surface area is 113 Å².